The Bertz CT molecular complexity index is 601. The monoisotopic (exact) mass is 334 g/mol. The molecule has 1 unspecified atom stereocenters. The number of carbonyl (C=O) groups excluding carboxylic acids is 3. The van der Waals surface area contributed by atoms with Crippen LogP contribution in [-0.2, 0) is 14.4 Å². The van der Waals surface area contributed by atoms with E-state index < -0.39 is 6.04 Å². The van der Waals surface area contributed by atoms with Crippen LogP contribution in [0.5, 0.6) is 0 Å². The van der Waals surface area contributed by atoms with E-state index in [9.17, 15) is 14.4 Å². The van der Waals surface area contributed by atoms with Crippen LogP contribution in [0, 0.1) is 5.92 Å². The first-order valence-corrected chi connectivity index (χ1v) is 7.91. The lowest BCUT2D eigenvalue weighted by Gasteiger charge is -2.17. The van der Waals surface area contributed by atoms with E-state index in [1.54, 1.807) is 18.2 Å². The maximum Gasteiger partial charge on any atom is 0.239 e. The zero-order valence-electron chi connectivity index (χ0n) is 14.6. The number of benzene rings is 1. The lowest BCUT2D eigenvalue weighted by atomic mass is 10.1. The van der Waals surface area contributed by atoms with Gasteiger partial charge in [0, 0.05) is 12.6 Å². The Morgan fingerprint density at radius 3 is 2.42 bits per heavy atom. The minimum atomic E-state index is -0.635. The fourth-order valence-corrected chi connectivity index (χ4v) is 2.05. The summed E-state index contributed by atoms with van der Waals surface area (Å²) in [4.78, 5) is 34.8. The molecule has 0 saturated heterocycles. The van der Waals surface area contributed by atoms with Crippen molar-refractivity contribution in [1.82, 2.24) is 10.6 Å². The molecule has 7 heteroatoms. The largest absolute Gasteiger partial charge is 0.348 e. The van der Waals surface area contributed by atoms with Gasteiger partial charge in [0.05, 0.1) is 18.6 Å². The Labute approximate surface area is 142 Å². The Balaban J connectivity index is 2.55. The molecule has 1 rings (SSSR count). The molecule has 0 aliphatic carbocycles. The number of carbonyl (C=O) groups is 3. The molecule has 5 N–H and O–H groups in total. The van der Waals surface area contributed by atoms with Gasteiger partial charge in [-0.05, 0) is 30.5 Å². The number of hydrogen-bond donors (Lipinski definition) is 4. The zero-order valence-corrected chi connectivity index (χ0v) is 14.6. The molecule has 0 fully saturated rings. The molecule has 0 aliphatic rings. The van der Waals surface area contributed by atoms with Gasteiger partial charge in [0.25, 0.3) is 0 Å². The fraction of sp³-hybridized carbons (Fsp3) is 0.471. The first-order valence-electron chi connectivity index (χ1n) is 7.91. The molecule has 24 heavy (non-hydrogen) atoms. The highest BCUT2D eigenvalue weighted by Gasteiger charge is 2.18. The Morgan fingerprint density at radius 2 is 1.83 bits per heavy atom. The van der Waals surface area contributed by atoms with E-state index in [0.717, 1.165) is 5.56 Å². The van der Waals surface area contributed by atoms with Crippen LogP contribution in [0.2, 0.25) is 0 Å². The van der Waals surface area contributed by atoms with Crippen LogP contribution in [0.4, 0.5) is 5.69 Å². The summed E-state index contributed by atoms with van der Waals surface area (Å²) in [5, 5.41) is 8.01. The smallest absolute Gasteiger partial charge is 0.239 e. The molecule has 0 spiro atoms. The van der Waals surface area contributed by atoms with Crippen molar-refractivity contribution in [2.75, 3.05) is 11.9 Å². The van der Waals surface area contributed by atoms with Crippen LogP contribution in [0.1, 0.15) is 39.3 Å². The second-order valence-electron chi connectivity index (χ2n) is 6.08. The highest BCUT2D eigenvalue weighted by Crippen LogP contribution is 2.17. The number of amides is 3. The van der Waals surface area contributed by atoms with Crippen molar-refractivity contribution in [3.05, 3.63) is 29.8 Å². The van der Waals surface area contributed by atoms with E-state index in [1.165, 1.54) is 6.92 Å². The van der Waals surface area contributed by atoms with E-state index in [2.05, 4.69) is 16.0 Å². The van der Waals surface area contributed by atoms with Crippen LogP contribution in [0.25, 0.3) is 0 Å². The number of anilines is 1. The normalized spacial score (nSPS) is 13.1. The van der Waals surface area contributed by atoms with Gasteiger partial charge in [0.2, 0.25) is 17.7 Å². The molecule has 3 amide bonds. The Morgan fingerprint density at radius 1 is 1.17 bits per heavy atom. The van der Waals surface area contributed by atoms with E-state index in [4.69, 9.17) is 5.73 Å². The van der Waals surface area contributed by atoms with E-state index >= 15 is 0 Å². The standard InChI is InChI=1S/C17H26N4O3/c1-10(2)16(18)17(24)19-9-15(23)20-11(3)13-6-5-7-14(8-13)21-12(4)22/h5-8,10-11,16H,9,18H2,1-4H3,(H,19,24)(H,20,23)(H,21,22)/t11?,16-/m0/s1. The topological polar surface area (TPSA) is 113 Å². The van der Waals surface area contributed by atoms with Crippen LogP contribution >= 0.6 is 0 Å². The first-order chi connectivity index (χ1) is 11.2. The summed E-state index contributed by atoms with van der Waals surface area (Å²) >= 11 is 0. The highest BCUT2D eigenvalue weighted by atomic mass is 16.2. The second kappa shape index (κ2) is 9.02. The molecule has 132 valence electrons. The summed E-state index contributed by atoms with van der Waals surface area (Å²) in [6, 6.07) is 6.31. The molecular formula is C17H26N4O3. The molecule has 0 bridgehead atoms. The van der Waals surface area contributed by atoms with E-state index in [1.807, 2.05) is 26.8 Å². The SMILES string of the molecule is CC(=O)Nc1cccc(C(C)NC(=O)CNC(=O)[C@@H](N)C(C)C)c1. The third-order valence-electron chi connectivity index (χ3n) is 3.53. The van der Waals surface area contributed by atoms with Gasteiger partial charge in [0.1, 0.15) is 0 Å². The summed E-state index contributed by atoms with van der Waals surface area (Å²) in [6.07, 6.45) is 0. The molecule has 0 saturated carbocycles. The van der Waals surface area contributed by atoms with Gasteiger partial charge in [-0.15, -0.1) is 0 Å². The van der Waals surface area contributed by atoms with Crippen LogP contribution in [0.3, 0.4) is 0 Å². The molecule has 1 aromatic rings. The number of hydrogen-bond acceptors (Lipinski definition) is 4. The maximum atomic E-state index is 11.9. The van der Waals surface area contributed by atoms with Gasteiger partial charge >= 0.3 is 0 Å². The van der Waals surface area contributed by atoms with Crippen molar-refractivity contribution in [3.8, 4) is 0 Å². The predicted octanol–water partition coefficient (Wildman–Crippen LogP) is 0.922. The average molecular weight is 334 g/mol. The minimum Gasteiger partial charge on any atom is -0.348 e. The molecule has 0 heterocycles. The molecule has 2 atom stereocenters. The van der Waals surface area contributed by atoms with Crippen molar-refractivity contribution < 1.29 is 14.4 Å². The van der Waals surface area contributed by atoms with Crippen LogP contribution in [-0.4, -0.2) is 30.3 Å². The summed E-state index contributed by atoms with van der Waals surface area (Å²) in [5.74, 6) is -0.811. The van der Waals surface area contributed by atoms with Crippen molar-refractivity contribution in [3.63, 3.8) is 0 Å². The molecule has 7 nitrogen and oxygen atoms in total. The summed E-state index contributed by atoms with van der Waals surface area (Å²) < 4.78 is 0. The third kappa shape index (κ3) is 6.37. The summed E-state index contributed by atoms with van der Waals surface area (Å²) in [7, 11) is 0. The molecule has 0 aliphatic heterocycles. The molecule has 0 aromatic heterocycles. The Hall–Kier alpha value is -2.41. The van der Waals surface area contributed by atoms with Gasteiger partial charge in [-0.25, -0.2) is 0 Å². The summed E-state index contributed by atoms with van der Waals surface area (Å²) in [6.45, 7) is 6.81. The van der Waals surface area contributed by atoms with Gasteiger partial charge in [0.15, 0.2) is 0 Å². The molecular weight excluding hydrogens is 308 g/mol. The van der Waals surface area contributed by atoms with Crippen molar-refractivity contribution in [1.29, 1.82) is 0 Å². The van der Waals surface area contributed by atoms with Crippen molar-refractivity contribution >= 4 is 23.4 Å². The zero-order chi connectivity index (χ0) is 18.3. The number of nitrogens with two attached hydrogens (primary N) is 1. The maximum absolute atomic E-state index is 11.9. The average Bonchev–Trinajstić information content (AvgIpc) is 2.51. The van der Waals surface area contributed by atoms with Gasteiger partial charge < -0.3 is 21.7 Å². The molecule has 0 radical (unpaired) electrons. The third-order valence-corrected chi connectivity index (χ3v) is 3.53. The van der Waals surface area contributed by atoms with Crippen LogP contribution < -0.4 is 21.7 Å². The predicted molar refractivity (Wildman–Crippen MR) is 93.1 cm³/mol. The van der Waals surface area contributed by atoms with Crippen molar-refractivity contribution in [2.24, 2.45) is 11.7 Å². The number of rotatable bonds is 7. The highest BCUT2D eigenvalue weighted by molar-refractivity contribution is 5.89. The minimum absolute atomic E-state index is 0.00324. The fourth-order valence-electron chi connectivity index (χ4n) is 2.05. The van der Waals surface area contributed by atoms with E-state index in [0.29, 0.717) is 5.69 Å². The Kier molecular flexibility index (Phi) is 7.38. The lowest BCUT2D eigenvalue weighted by molar-refractivity contribution is -0.127. The quantitative estimate of drug-likeness (QED) is 0.594. The number of nitrogens with one attached hydrogen (secondary N) is 3. The van der Waals surface area contributed by atoms with Crippen LogP contribution in [0.15, 0.2) is 24.3 Å². The van der Waals surface area contributed by atoms with Gasteiger partial charge in [-0.3, -0.25) is 14.4 Å². The molecule has 1 aromatic carbocycles. The summed E-state index contributed by atoms with van der Waals surface area (Å²) in [5.41, 5.74) is 7.23. The van der Waals surface area contributed by atoms with Gasteiger partial charge in [-0.1, -0.05) is 26.0 Å². The van der Waals surface area contributed by atoms with Gasteiger partial charge in [-0.2, -0.15) is 0 Å². The lowest BCUT2D eigenvalue weighted by Crippen LogP contribution is -2.47. The first kappa shape index (κ1) is 19.6. The van der Waals surface area contributed by atoms with Crippen molar-refractivity contribution in [2.45, 2.75) is 39.8 Å². The second-order valence-corrected chi connectivity index (χ2v) is 6.08. The van der Waals surface area contributed by atoms with E-state index in [-0.39, 0.29) is 36.2 Å².